The van der Waals surface area contributed by atoms with E-state index < -0.39 is 10.0 Å². The van der Waals surface area contributed by atoms with E-state index in [1.165, 1.54) is 4.90 Å². The number of benzene rings is 1. The number of aromatic nitrogens is 2. The minimum atomic E-state index is -3.85. The monoisotopic (exact) mass is 428 g/mol. The standard InChI is InChI=1S/C20H20N4O3S2/c1-12-19(29(21,26)27)28-20(23-12)24(2)18(25)16-9-13-6-7-14(10-15(13)11-16)17-5-3-4-8-22-17/h3-8,10,16H,9,11H2,1-2H3,(H2,21,26,27). The summed E-state index contributed by atoms with van der Waals surface area (Å²) < 4.78 is 23.3. The zero-order valence-corrected chi connectivity index (χ0v) is 17.6. The van der Waals surface area contributed by atoms with Gasteiger partial charge < -0.3 is 0 Å². The van der Waals surface area contributed by atoms with E-state index in [-0.39, 0.29) is 16.0 Å². The fraction of sp³-hybridized carbons (Fsp3) is 0.250. The first-order valence-corrected chi connectivity index (χ1v) is 11.4. The summed E-state index contributed by atoms with van der Waals surface area (Å²) in [7, 11) is -2.23. The fourth-order valence-corrected chi connectivity index (χ4v) is 5.54. The number of pyridine rings is 1. The number of hydrogen-bond donors (Lipinski definition) is 1. The van der Waals surface area contributed by atoms with Crippen LogP contribution >= 0.6 is 11.3 Å². The van der Waals surface area contributed by atoms with Crippen LogP contribution in [0.5, 0.6) is 0 Å². The number of carbonyl (C=O) groups excluding carboxylic acids is 1. The van der Waals surface area contributed by atoms with Gasteiger partial charge >= 0.3 is 0 Å². The molecule has 0 bridgehead atoms. The number of rotatable bonds is 4. The Morgan fingerprint density at radius 2 is 1.97 bits per heavy atom. The van der Waals surface area contributed by atoms with E-state index in [4.69, 9.17) is 5.14 Å². The van der Waals surface area contributed by atoms with Gasteiger partial charge in [-0.05, 0) is 49.1 Å². The molecule has 0 saturated carbocycles. The second kappa shape index (κ2) is 7.33. The predicted octanol–water partition coefficient (Wildman–Crippen LogP) is 2.54. The lowest BCUT2D eigenvalue weighted by Gasteiger charge is -2.18. The number of nitrogens with two attached hydrogens (primary N) is 1. The van der Waals surface area contributed by atoms with Gasteiger partial charge in [0, 0.05) is 24.7 Å². The van der Waals surface area contributed by atoms with Crippen molar-refractivity contribution in [1.82, 2.24) is 9.97 Å². The van der Waals surface area contributed by atoms with Crippen LogP contribution in [-0.4, -0.2) is 31.3 Å². The van der Waals surface area contributed by atoms with E-state index in [0.717, 1.165) is 33.7 Å². The molecule has 2 aromatic heterocycles. The van der Waals surface area contributed by atoms with Crippen molar-refractivity contribution in [1.29, 1.82) is 0 Å². The highest BCUT2D eigenvalue weighted by Crippen LogP contribution is 2.34. The van der Waals surface area contributed by atoms with Crippen molar-refractivity contribution in [2.45, 2.75) is 24.0 Å². The summed E-state index contributed by atoms with van der Waals surface area (Å²) in [6.07, 6.45) is 3.04. The van der Waals surface area contributed by atoms with Gasteiger partial charge in [-0.25, -0.2) is 18.5 Å². The molecule has 0 aliphatic heterocycles. The van der Waals surface area contributed by atoms with Crippen molar-refractivity contribution in [3.63, 3.8) is 0 Å². The van der Waals surface area contributed by atoms with Crippen molar-refractivity contribution in [2.75, 3.05) is 11.9 Å². The van der Waals surface area contributed by atoms with Crippen molar-refractivity contribution in [2.24, 2.45) is 11.1 Å². The first kappa shape index (κ1) is 19.7. The lowest BCUT2D eigenvalue weighted by atomic mass is 10.0. The number of aryl methyl sites for hydroxylation is 1. The van der Waals surface area contributed by atoms with Gasteiger partial charge in [0.05, 0.1) is 11.4 Å². The summed E-state index contributed by atoms with van der Waals surface area (Å²) in [4.78, 5) is 23.1. The minimum absolute atomic E-state index is 0.0122. The van der Waals surface area contributed by atoms with Gasteiger partial charge in [0.25, 0.3) is 0 Å². The van der Waals surface area contributed by atoms with Crippen LogP contribution in [0.2, 0.25) is 0 Å². The van der Waals surface area contributed by atoms with Gasteiger partial charge in [0.15, 0.2) is 9.34 Å². The quantitative estimate of drug-likeness (QED) is 0.687. The van der Waals surface area contributed by atoms with Gasteiger partial charge in [0.2, 0.25) is 15.9 Å². The highest BCUT2D eigenvalue weighted by molar-refractivity contribution is 7.91. The summed E-state index contributed by atoms with van der Waals surface area (Å²) in [5.74, 6) is -0.300. The van der Waals surface area contributed by atoms with Gasteiger partial charge in [-0.15, -0.1) is 0 Å². The third-order valence-corrected chi connectivity index (χ3v) is 7.86. The fourth-order valence-electron chi connectivity index (χ4n) is 3.63. The number of sulfonamides is 1. The van der Waals surface area contributed by atoms with E-state index in [0.29, 0.717) is 23.7 Å². The number of fused-ring (bicyclic) bond motifs is 1. The molecular formula is C20H20N4O3S2. The van der Waals surface area contributed by atoms with Crippen molar-refractivity contribution < 1.29 is 13.2 Å². The summed E-state index contributed by atoms with van der Waals surface area (Å²) in [5, 5.41) is 5.56. The maximum absolute atomic E-state index is 13.0. The smallest absolute Gasteiger partial charge is 0.249 e. The number of thiazole rings is 1. The molecule has 2 N–H and O–H groups in total. The molecule has 0 fully saturated rings. The Morgan fingerprint density at radius 1 is 1.21 bits per heavy atom. The Kier molecular flexibility index (Phi) is 4.97. The zero-order chi connectivity index (χ0) is 20.8. The maximum atomic E-state index is 13.0. The number of anilines is 1. The van der Waals surface area contributed by atoms with Gasteiger partial charge in [0.1, 0.15) is 0 Å². The molecule has 29 heavy (non-hydrogen) atoms. The molecule has 3 aromatic rings. The normalized spacial score (nSPS) is 15.9. The molecule has 7 nitrogen and oxygen atoms in total. The molecule has 0 saturated heterocycles. The van der Waals surface area contributed by atoms with Crippen LogP contribution in [0.3, 0.4) is 0 Å². The van der Waals surface area contributed by atoms with E-state index in [1.807, 2.05) is 24.3 Å². The van der Waals surface area contributed by atoms with Crippen LogP contribution in [0.1, 0.15) is 16.8 Å². The number of carbonyl (C=O) groups is 1. The number of primary sulfonamides is 1. The van der Waals surface area contributed by atoms with Crippen LogP contribution in [0.25, 0.3) is 11.3 Å². The van der Waals surface area contributed by atoms with Gasteiger partial charge in [-0.1, -0.05) is 29.5 Å². The Morgan fingerprint density at radius 3 is 2.62 bits per heavy atom. The molecule has 4 rings (SSSR count). The first-order valence-electron chi connectivity index (χ1n) is 9.05. The molecule has 1 aliphatic carbocycles. The predicted molar refractivity (Wildman–Crippen MR) is 112 cm³/mol. The molecule has 9 heteroatoms. The van der Waals surface area contributed by atoms with Crippen molar-refractivity contribution >= 4 is 32.4 Å². The van der Waals surface area contributed by atoms with Crippen LogP contribution in [0, 0.1) is 12.8 Å². The average molecular weight is 429 g/mol. The molecule has 0 spiro atoms. The molecule has 1 aliphatic rings. The zero-order valence-electron chi connectivity index (χ0n) is 16.0. The molecular weight excluding hydrogens is 408 g/mol. The van der Waals surface area contributed by atoms with Crippen LogP contribution in [0.15, 0.2) is 46.8 Å². The van der Waals surface area contributed by atoms with E-state index in [2.05, 4.69) is 22.1 Å². The molecule has 1 atom stereocenters. The summed E-state index contributed by atoms with van der Waals surface area (Å²) >= 11 is 0.918. The molecule has 1 unspecified atom stereocenters. The molecule has 0 radical (unpaired) electrons. The lowest BCUT2D eigenvalue weighted by Crippen LogP contribution is -2.33. The van der Waals surface area contributed by atoms with E-state index in [9.17, 15) is 13.2 Å². The summed E-state index contributed by atoms with van der Waals surface area (Å²) in [6.45, 7) is 1.57. The minimum Gasteiger partial charge on any atom is -0.291 e. The Labute approximate surface area is 173 Å². The van der Waals surface area contributed by atoms with Gasteiger partial charge in [-0.2, -0.15) is 0 Å². The number of nitrogens with zero attached hydrogens (tertiary/aromatic N) is 3. The van der Waals surface area contributed by atoms with E-state index >= 15 is 0 Å². The molecule has 1 aromatic carbocycles. The third-order valence-electron chi connectivity index (χ3n) is 5.07. The summed E-state index contributed by atoms with van der Waals surface area (Å²) in [6, 6.07) is 12.0. The topological polar surface area (TPSA) is 106 Å². The number of amides is 1. The summed E-state index contributed by atoms with van der Waals surface area (Å²) in [5.41, 5.74) is 4.52. The first-order chi connectivity index (χ1) is 13.7. The lowest BCUT2D eigenvalue weighted by molar-refractivity contribution is -0.121. The maximum Gasteiger partial charge on any atom is 0.249 e. The van der Waals surface area contributed by atoms with Crippen LogP contribution in [-0.2, 0) is 27.7 Å². The van der Waals surface area contributed by atoms with E-state index in [1.54, 1.807) is 20.2 Å². The Bertz CT molecular complexity index is 1190. The highest BCUT2D eigenvalue weighted by atomic mass is 32.2. The molecule has 2 heterocycles. The van der Waals surface area contributed by atoms with Gasteiger partial charge in [-0.3, -0.25) is 14.7 Å². The highest BCUT2D eigenvalue weighted by Gasteiger charge is 2.32. The second-order valence-electron chi connectivity index (χ2n) is 7.12. The Balaban J connectivity index is 1.54. The second-order valence-corrected chi connectivity index (χ2v) is 9.85. The molecule has 1 amide bonds. The van der Waals surface area contributed by atoms with Crippen LogP contribution < -0.4 is 10.0 Å². The molecule has 150 valence electrons. The Hall–Kier alpha value is -2.62. The van der Waals surface area contributed by atoms with Crippen molar-refractivity contribution in [3.05, 3.63) is 59.4 Å². The van der Waals surface area contributed by atoms with Crippen molar-refractivity contribution in [3.8, 4) is 11.3 Å². The SMILES string of the molecule is Cc1nc(N(C)C(=O)C2Cc3ccc(-c4ccccn4)cc3C2)sc1S(N)(=O)=O. The van der Waals surface area contributed by atoms with Crippen LogP contribution in [0.4, 0.5) is 5.13 Å². The third kappa shape index (κ3) is 3.81. The largest absolute Gasteiger partial charge is 0.291 e. The average Bonchev–Trinajstić information content (AvgIpc) is 3.30. The number of hydrogen-bond acceptors (Lipinski definition) is 6.